The van der Waals surface area contributed by atoms with Crippen LogP contribution in [-0.4, -0.2) is 42.4 Å². The van der Waals surface area contributed by atoms with E-state index in [2.05, 4.69) is 19.2 Å². The van der Waals surface area contributed by atoms with E-state index in [1.54, 1.807) is 10.4 Å². The lowest BCUT2D eigenvalue weighted by molar-refractivity contribution is 0.404. The Hall–Kier alpha value is -0.0800. The number of thioether (sulfide) groups is 1. The fraction of sp³-hybridized carbons (Fsp3) is 0.714. The monoisotopic (exact) mass is 346 g/mol. The Balaban J connectivity index is 1.78. The quantitative estimate of drug-likeness (QED) is 0.890. The van der Waals surface area contributed by atoms with Crippen molar-refractivity contribution in [2.75, 3.05) is 13.1 Å². The Bertz CT molecular complexity index is 585. The molecule has 0 bridgehead atoms. The fourth-order valence-corrected chi connectivity index (χ4v) is 7.18. The maximum absolute atomic E-state index is 12.9. The van der Waals surface area contributed by atoms with Crippen LogP contribution >= 0.6 is 23.1 Å². The van der Waals surface area contributed by atoms with Crippen molar-refractivity contribution in [1.82, 2.24) is 9.62 Å². The van der Waals surface area contributed by atoms with Crippen molar-refractivity contribution in [1.29, 1.82) is 0 Å². The molecule has 2 heterocycles. The van der Waals surface area contributed by atoms with Gasteiger partial charge in [-0.3, -0.25) is 0 Å². The summed E-state index contributed by atoms with van der Waals surface area (Å²) in [7, 11) is -3.35. The molecular weight excluding hydrogens is 324 g/mol. The van der Waals surface area contributed by atoms with Crippen LogP contribution in [-0.2, 0) is 16.6 Å². The summed E-state index contributed by atoms with van der Waals surface area (Å²) in [6.45, 7) is 6.11. The molecule has 2 fully saturated rings. The zero-order chi connectivity index (χ0) is 15.0. The van der Waals surface area contributed by atoms with E-state index in [-0.39, 0.29) is 0 Å². The Morgan fingerprint density at radius 2 is 1.95 bits per heavy atom. The molecule has 2 unspecified atom stereocenters. The van der Waals surface area contributed by atoms with Crippen molar-refractivity contribution in [3.8, 4) is 0 Å². The van der Waals surface area contributed by atoms with Crippen LogP contribution in [0.2, 0.25) is 0 Å². The number of nitrogens with zero attached hydrogens (tertiary/aromatic N) is 1. The first-order chi connectivity index (χ1) is 9.96. The van der Waals surface area contributed by atoms with E-state index in [4.69, 9.17) is 0 Å². The molecule has 0 aromatic carbocycles. The molecule has 1 saturated heterocycles. The highest BCUT2D eigenvalue weighted by Gasteiger charge is 2.34. The van der Waals surface area contributed by atoms with Crippen LogP contribution in [0.25, 0.3) is 0 Å². The van der Waals surface area contributed by atoms with Crippen molar-refractivity contribution in [2.45, 2.75) is 54.7 Å². The van der Waals surface area contributed by atoms with Gasteiger partial charge < -0.3 is 5.32 Å². The molecule has 1 N–H and O–H groups in total. The maximum Gasteiger partial charge on any atom is 0.244 e. The highest BCUT2D eigenvalue weighted by Crippen LogP contribution is 2.32. The van der Waals surface area contributed by atoms with Gasteiger partial charge in [0.05, 0.1) is 4.90 Å². The minimum absolute atomic E-state index is 0.357. The van der Waals surface area contributed by atoms with E-state index in [9.17, 15) is 8.42 Å². The van der Waals surface area contributed by atoms with Gasteiger partial charge in [-0.2, -0.15) is 16.1 Å². The predicted octanol–water partition coefficient (Wildman–Crippen LogP) is 2.51. The fourth-order valence-electron chi connectivity index (χ4n) is 2.68. The normalized spacial score (nSPS) is 27.9. The second kappa shape index (κ2) is 6.20. The largest absolute Gasteiger partial charge is 0.309 e. The van der Waals surface area contributed by atoms with Gasteiger partial charge in [-0.25, -0.2) is 8.42 Å². The molecule has 2 aliphatic rings. The molecule has 0 spiro atoms. The smallest absolute Gasteiger partial charge is 0.244 e. The van der Waals surface area contributed by atoms with Gasteiger partial charge in [0.25, 0.3) is 0 Å². The molecule has 1 aromatic heterocycles. The zero-order valence-corrected chi connectivity index (χ0v) is 14.9. The van der Waals surface area contributed by atoms with Crippen LogP contribution in [0.15, 0.2) is 16.3 Å². The van der Waals surface area contributed by atoms with Gasteiger partial charge in [0.1, 0.15) is 0 Å². The number of thiophene rings is 1. The van der Waals surface area contributed by atoms with Gasteiger partial charge in [0.15, 0.2) is 0 Å². The SMILES string of the molecule is CC1CN(S(=O)(=O)c2ccsc2CNC2CC2)CC(C)S1. The van der Waals surface area contributed by atoms with Gasteiger partial charge in [0.2, 0.25) is 10.0 Å². The van der Waals surface area contributed by atoms with E-state index in [0.717, 1.165) is 4.88 Å². The molecule has 1 saturated carbocycles. The third-order valence-electron chi connectivity index (χ3n) is 3.84. The summed E-state index contributed by atoms with van der Waals surface area (Å²) in [6, 6.07) is 2.36. The summed E-state index contributed by atoms with van der Waals surface area (Å²) in [5.74, 6) is 0. The van der Waals surface area contributed by atoms with Gasteiger partial charge in [-0.1, -0.05) is 13.8 Å². The van der Waals surface area contributed by atoms with Gasteiger partial charge in [-0.05, 0) is 24.3 Å². The Kier molecular flexibility index (Phi) is 4.66. The van der Waals surface area contributed by atoms with Crippen LogP contribution in [0.4, 0.5) is 0 Å². The molecule has 4 nitrogen and oxygen atoms in total. The second-order valence-electron chi connectivity index (χ2n) is 5.94. The van der Waals surface area contributed by atoms with Gasteiger partial charge in [0, 0.05) is 41.1 Å². The number of hydrogen-bond donors (Lipinski definition) is 1. The molecule has 118 valence electrons. The van der Waals surface area contributed by atoms with Crippen LogP contribution < -0.4 is 5.32 Å². The molecule has 2 atom stereocenters. The Labute approximate surface area is 135 Å². The topological polar surface area (TPSA) is 49.4 Å². The van der Waals surface area contributed by atoms with Crippen LogP contribution in [0.1, 0.15) is 31.6 Å². The molecule has 1 aliphatic heterocycles. The molecule has 7 heteroatoms. The van der Waals surface area contributed by atoms with Crippen molar-refractivity contribution in [3.63, 3.8) is 0 Å². The first kappa shape index (κ1) is 15.8. The maximum atomic E-state index is 12.9. The first-order valence-electron chi connectivity index (χ1n) is 7.42. The minimum atomic E-state index is -3.35. The van der Waals surface area contributed by atoms with Crippen LogP contribution in [0, 0.1) is 0 Å². The number of rotatable bonds is 5. The van der Waals surface area contributed by atoms with E-state index < -0.39 is 10.0 Å². The van der Waals surface area contributed by atoms with Gasteiger partial charge >= 0.3 is 0 Å². The lowest BCUT2D eigenvalue weighted by atomic mass is 10.4. The minimum Gasteiger partial charge on any atom is -0.309 e. The van der Waals surface area contributed by atoms with Gasteiger partial charge in [-0.15, -0.1) is 11.3 Å². The Morgan fingerprint density at radius 3 is 2.57 bits per heavy atom. The second-order valence-corrected chi connectivity index (χ2v) is 10.7. The highest BCUT2D eigenvalue weighted by atomic mass is 32.2. The van der Waals surface area contributed by atoms with Crippen LogP contribution in [0.3, 0.4) is 0 Å². The van der Waals surface area contributed by atoms with Crippen molar-refractivity contribution < 1.29 is 8.42 Å². The Morgan fingerprint density at radius 1 is 1.29 bits per heavy atom. The van der Waals surface area contributed by atoms with Crippen molar-refractivity contribution >= 4 is 33.1 Å². The lowest BCUT2D eigenvalue weighted by Crippen LogP contribution is -2.44. The lowest BCUT2D eigenvalue weighted by Gasteiger charge is -2.33. The summed E-state index contributed by atoms with van der Waals surface area (Å²) in [4.78, 5) is 1.45. The number of hydrogen-bond acceptors (Lipinski definition) is 5. The number of nitrogens with one attached hydrogen (secondary N) is 1. The zero-order valence-electron chi connectivity index (χ0n) is 12.4. The third-order valence-corrected chi connectivity index (χ3v) is 8.03. The van der Waals surface area contributed by atoms with E-state index in [0.29, 0.717) is 41.1 Å². The van der Waals surface area contributed by atoms with E-state index in [1.165, 1.54) is 24.2 Å². The summed E-state index contributed by atoms with van der Waals surface area (Å²) in [5.41, 5.74) is 0. The molecule has 1 aliphatic carbocycles. The third kappa shape index (κ3) is 3.64. The molecule has 3 rings (SSSR count). The standard InChI is InChI=1S/C14H22N2O2S3/c1-10-8-16(9-11(2)20-10)21(17,18)14-5-6-19-13(14)7-15-12-3-4-12/h5-6,10-12,15H,3-4,7-9H2,1-2H3. The first-order valence-corrected chi connectivity index (χ1v) is 10.7. The highest BCUT2D eigenvalue weighted by molar-refractivity contribution is 8.00. The van der Waals surface area contributed by atoms with E-state index in [1.807, 2.05) is 17.1 Å². The summed E-state index contributed by atoms with van der Waals surface area (Å²) < 4.78 is 27.5. The van der Waals surface area contributed by atoms with Crippen molar-refractivity contribution in [3.05, 3.63) is 16.3 Å². The number of sulfonamides is 1. The van der Waals surface area contributed by atoms with Crippen LogP contribution in [0.5, 0.6) is 0 Å². The molecule has 0 radical (unpaired) electrons. The van der Waals surface area contributed by atoms with E-state index >= 15 is 0 Å². The summed E-state index contributed by atoms with van der Waals surface area (Å²) >= 11 is 3.41. The molecular formula is C14H22N2O2S3. The average molecular weight is 347 g/mol. The molecule has 1 aromatic rings. The summed E-state index contributed by atoms with van der Waals surface area (Å²) in [5, 5.41) is 6.02. The molecule has 0 amide bonds. The predicted molar refractivity (Wildman–Crippen MR) is 89.5 cm³/mol. The average Bonchev–Trinajstić information content (AvgIpc) is 3.11. The summed E-state index contributed by atoms with van der Waals surface area (Å²) in [6.07, 6.45) is 2.43. The van der Waals surface area contributed by atoms with Crippen molar-refractivity contribution in [2.24, 2.45) is 0 Å². The molecule has 21 heavy (non-hydrogen) atoms.